The molecule has 0 aliphatic rings. The van der Waals surface area contributed by atoms with Crippen molar-refractivity contribution >= 4 is 21.6 Å². The molecule has 2 aromatic rings. The van der Waals surface area contributed by atoms with E-state index >= 15 is 0 Å². The maximum atomic E-state index is 12.8. The Morgan fingerprint density at radius 3 is 2.44 bits per heavy atom. The van der Waals surface area contributed by atoms with Crippen molar-refractivity contribution in [3.63, 3.8) is 0 Å². The molecule has 0 aliphatic heterocycles. The van der Waals surface area contributed by atoms with Crippen LogP contribution in [0.3, 0.4) is 0 Å². The highest BCUT2D eigenvalue weighted by Gasteiger charge is 2.22. The summed E-state index contributed by atoms with van der Waals surface area (Å²) < 4.78 is 26.8. The number of hydrogen-bond acceptors (Lipinski definition) is 3. The summed E-state index contributed by atoms with van der Waals surface area (Å²) in [6, 6.07) is 15.0. The van der Waals surface area contributed by atoms with Gasteiger partial charge >= 0.3 is 0 Å². The normalized spacial score (nSPS) is 11.1. The van der Waals surface area contributed by atoms with Gasteiger partial charge in [-0.25, -0.2) is 8.42 Å². The van der Waals surface area contributed by atoms with E-state index in [4.69, 9.17) is 0 Å². The zero-order chi connectivity index (χ0) is 18.3. The largest absolute Gasteiger partial charge is 0.352 e. The molecule has 0 saturated heterocycles. The van der Waals surface area contributed by atoms with Crippen LogP contribution < -0.4 is 9.62 Å². The lowest BCUT2D eigenvalue weighted by atomic mass is 10.2. The van der Waals surface area contributed by atoms with Gasteiger partial charge in [0.1, 0.15) is 0 Å². The molecule has 0 heterocycles. The van der Waals surface area contributed by atoms with Gasteiger partial charge < -0.3 is 5.32 Å². The summed E-state index contributed by atoms with van der Waals surface area (Å²) in [5, 5.41) is 2.83. The van der Waals surface area contributed by atoms with Crippen LogP contribution >= 0.6 is 0 Å². The maximum absolute atomic E-state index is 12.8. The van der Waals surface area contributed by atoms with Crippen LogP contribution in [0.2, 0.25) is 0 Å². The number of benzene rings is 2. The first-order valence-electron chi connectivity index (χ1n) is 8.39. The van der Waals surface area contributed by atoms with Gasteiger partial charge in [0.05, 0.1) is 10.6 Å². The first-order chi connectivity index (χ1) is 12.0. The lowest BCUT2D eigenvalue weighted by Crippen LogP contribution is -2.28. The molecule has 2 rings (SSSR count). The minimum atomic E-state index is -3.72. The van der Waals surface area contributed by atoms with Gasteiger partial charge in [-0.1, -0.05) is 44.0 Å². The molecule has 0 bridgehead atoms. The van der Waals surface area contributed by atoms with Crippen LogP contribution in [0.25, 0.3) is 0 Å². The van der Waals surface area contributed by atoms with Crippen molar-refractivity contribution in [1.29, 1.82) is 0 Å². The second-order valence-corrected chi connectivity index (χ2v) is 7.77. The summed E-state index contributed by atoms with van der Waals surface area (Å²) in [6.45, 7) is 2.69. The summed E-state index contributed by atoms with van der Waals surface area (Å²) in [7, 11) is -2.22. The van der Waals surface area contributed by atoms with Crippen LogP contribution in [0.15, 0.2) is 59.5 Å². The van der Waals surface area contributed by atoms with Crippen molar-refractivity contribution in [3.05, 3.63) is 60.2 Å². The van der Waals surface area contributed by atoms with E-state index < -0.39 is 10.0 Å². The molecular formula is C19H24N2O3S. The average molecular weight is 360 g/mol. The van der Waals surface area contributed by atoms with Gasteiger partial charge in [-0.05, 0) is 36.8 Å². The fourth-order valence-corrected chi connectivity index (χ4v) is 3.65. The summed E-state index contributed by atoms with van der Waals surface area (Å²) in [4.78, 5) is 12.3. The second-order valence-electron chi connectivity index (χ2n) is 5.80. The Morgan fingerprint density at radius 2 is 1.76 bits per heavy atom. The average Bonchev–Trinajstić information content (AvgIpc) is 2.65. The summed E-state index contributed by atoms with van der Waals surface area (Å²) in [6.07, 6.45) is 3.04. The monoisotopic (exact) mass is 360 g/mol. The van der Waals surface area contributed by atoms with Gasteiger partial charge in [-0.2, -0.15) is 0 Å². The third-order valence-electron chi connectivity index (χ3n) is 3.94. The smallest absolute Gasteiger partial charge is 0.264 e. The SMILES string of the molecule is CCCCCNC(=O)c1cccc(S(=O)(=O)N(C)c2ccccc2)c1. The highest BCUT2D eigenvalue weighted by molar-refractivity contribution is 7.92. The molecule has 0 spiro atoms. The Bertz CT molecular complexity index is 804. The second kappa shape index (κ2) is 8.67. The number of carbonyl (C=O) groups excluding carboxylic acids is 1. The van der Waals surface area contributed by atoms with Crippen LogP contribution in [-0.4, -0.2) is 27.9 Å². The molecule has 2 aromatic carbocycles. The fourth-order valence-electron chi connectivity index (χ4n) is 2.41. The number of unbranched alkanes of at least 4 members (excludes halogenated alkanes) is 2. The number of nitrogens with one attached hydrogen (secondary N) is 1. The predicted molar refractivity (Wildman–Crippen MR) is 100 cm³/mol. The van der Waals surface area contributed by atoms with Crippen LogP contribution in [0.5, 0.6) is 0 Å². The van der Waals surface area contributed by atoms with Crippen molar-refractivity contribution in [2.75, 3.05) is 17.9 Å². The Hall–Kier alpha value is -2.34. The van der Waals surface area contributed by atoms with E-state index in [9.17, 15) is 13.2 Å². The minimum absolute atomic E-state index is 0.0973. The van der Waals surface area contributed by atoms with E-state index in [1.807, 2.05) is 6.07 Å². The summed E-state index contributed by atoms with van der Waals surface area (Å²) in [5.41, 5.74) is 0.913. The number of anilines is 1. The van der Waals surface area contributed by atoms with Gasteiger partial charge in [0.15, 0.2) is 0 Å². The van der Waals surface area contributed by atoms with E-state index in [1.165, 1.54) is 23.5 Å². The highest BCUT2D eigenvalue weighted by Crippen LogP contribution is 2.22. The van der Waals surface area contributed by atoms with Gasteiger partial charge in [0.25, 0.3) is 15.9 Å². The summed E-state index contributed by atoms with van der Waals surface area (Å²) >= 11 is 0. The van der Waals surface area contributed by atoms with Crippen LogP contribution in [0.1, 0.15) is 36.5 Å². The van der Waals surface area contributed by atoms with E-state index in [2.05, 4.69) is 12.2 Å². The Morgan fingerprint density at radius 1 is 1.04 bits per heavy atom. The first kappa shape index (κ1) is 19.0. The molecule has 5 nitrogen and oxygen atoms in total. The standard InChI is InChI=1S/C19H24N2O3S/c1-3-4-8-14-20-19(22)16-10-9-13-18(15-16)25(23,24)21(2)17-11-6-5-7-12-17/h5-7,9-13,15H,3-4,8,14H2,1-2H3,(H,20,22). The number of rotatable bonds is 8. The van der Waals surface area contributed by atoms with Crippen molar-refractivity contribution < 1.29 is 13.2 Å². The molecule has 0 saturated carbocycles. The van der Waals surface area contributed by atoms with E-state index in [1.54, 1.807) is 36.4 Å². The molecule has 25 heavy (non-hydrogen) atoms. The number of amides is 1. The molecule has 0 aromatic heterocycles. The fraction of sp³-hybridized carbons (Fsp3) is 0.316. The number of nitrogens with zero attached hydrogens (tertiary/aromatic N) is 1. The molecule has 134 valence electrons. The topological polar surface area (TPSA) is 66.5 Å². The van der Waals surface area contributed by atoms with Gasteiger partial charge in [0, 0.05) is 19.2 Å². The molecule has 1 N–H and O–H groups in total. The quantitative estimate of drug-likeness (QED) is 0.734. The number of carbonyl (C=O) groups is 1. The van der Waals surface area contributed by atoms with Crippen LogP contribution in [-0.2, 0) is 10.0 Å². The van der Waals surface area contributed by atoms with Crippen LogP contribution in [0.4, 0.5) is 5.69 Å². The molecule has 0 atom stereocenters. The maximum Gasteiger partial charge on any atom is 0.264 e. The Kier molecular flexibility index (Phi) is 6.58. The molecule has 1 amide bonds. The Labute approximate surface area is 149 Å². The third-order valence-corrected chi connectivity index (χ3v) is 5.72. The highest BCUT2D eigenvalue weighted by atomic mass is 32.2. The molecule has 6 heteroatoms. The Balaban J connectivity index is 2.18. The van der Waals surface area contributed by atoms with E-state index in [-0.39, 0.29) is 10.8 Å². The van der Waals surface area contributed by atoms with Crippen molar-refractivity contribution in [2.45, 2.75) is 31.1 Å². The van der Waals surface area contributed by atoms with Gasteiger partial charge in [-0.15, -0.1) is 0 Å². The first-order valence-corrected chi connectivity index (χ1v) is 9.83. The number of para-hydroxylation sites is 1. The van der Waals surface area contributed by atoms with Crippen LogP contribution in [0, 0.1) is 0 Å². The third kappa shape index (κ3) is 4.82. The molecular weight excluding hydrogens is 336 g/mol. The van der Waals surface area contributed by atoms with Crippen molar-refractivity contribution in [1.82, 2.24) is 5.32 Å². The molecule has 0 unspecified atom stereocenters. The zero-order valence-electron chi connectivity index (χ0n) is 14.6. The lowest BCUT2D eigenvalue weighted by Gasteiger charge is -2.19. The zero-order valence-corrected chi connectivity index (χ0v) is 15.4. The minimum Gasteiger partial charge on any atom is -0.352 e. The summed E-state index contributed by atoms with van der Waals surface area (Å²) in [5.74, 6) is -0.254. The number of hydrogen-bond donors (Lipinski definition) is 1. The van der Waals surface area contributed by atoms with E-state index in [0.717, 1.165) is 19.3 Å². The van der Waals surface area contributed by atoms with Crippen molar-refractivity contribution in [3.8, 4) is 0 Å². The number of sulfonamides is 1. The van der Waals surface area contributed by atoms with Gasteiger partial charge in [0.2, 0.25) is 0 Å². The lowest BCUT2D eigenvalue weighted by molar-refractivity contribution is 0.0952. The molecule has 0 aliphatic carbocycles. The van der Waals surface area contributed by atoms with Gasteiger partial charge in [-0.3, -0.25) is 9.10 Å². The molecule has 0 fully saturated rings. The predicted octanol–water partition coefficient (Wildman–Crippen LogP) is 3.43. The van der Waals surface area contributed by atoms with E-state index in [0.29, 0.717) is 17.8 Å². The van der Waals surface area contributed by atoms with Crippen molar-refractivity contribution in [2.24, 2.45) is 0 Å². The molecule has 0 radical (unpaired) electrons.